The van der Waals surface area contributed by atoms with Crippen molar-refractivity contribution >= 4 is 40.5 Å². The molecule has 3 aromatic rings. The predicted octanol–water partition coefficient (Wildman–Crippen LogP) is 3.76. The molecule has 0 saturated carbocycles. The lowest BCUT2D eigenvalue weighted by molar-refractivity contribution is 0.101. The predicted molar refractivity (Wildman–Crippen MR) is 120 cm³/mol. The Hall–Kier alpha value is -3.42. The Morgan fingerprint density at radius 1 is 1.00 bits per heavy atom. The number of rotatable bonds is 6. The van der Waals surface area contributed by atoms with Crippen molar-refractivity contribution in [3.63, 3.8) is 0 Å². The Bertz CT molecular complexity index is 1070. The van der Waals surface area contributed by atoms with Gasteiger partial charge in [0.25, 0.3) is 11.8 Å². The van der Waals surface area contributed by atoms with Crippen LogP contribution in [0.2, 0.25) is 5.15 Å². The molecular weight excluding hydrogens is 402 g/mol. The molecule has 1 heterocycles. The normalized spacial score (nSPS) is 10.4. The Kier molecular flexibility index (Phi) is 6.66. The standard InChI is InChI=1S/C22H22ClN5O2/c1-28(2)18-5-3-4-14(10-18)21(29)26-17-8-6-15(12-24)19(11-17)27-22(30)16-7-9-20(23)25-13-16/h3-11,13H,12,24H2,1-2H3,(H,26,29)(H,27,30). The number of pyridine rings is 1. The van der Waals surface area contributed by atoms with Crippen molar-refractivity contribution in [1.29, 1.82) is 0 Å². The van der Waals surface area contributed by atoms with Crippen molar-refractivity contribution in [2.75, 3.05) is 29.6 Å². The molecule has 7 nitrogen and oxygen atoms in total. The third-order valence-electron chi connectivity index (χ3n) is 4.45. The molecule has 3 rings (SSSR count). The summed E-state index contributed by atoms with van der Waals surface area (Å²) in [6, 6.07) is 15.6. The van der Waals surface area contributed by atoms with Gasteiger partial charge < -0.3 is 21.3 Å². The van der Waals surface area contributed by atoms with E-state index < -0.39 is 0 Å². The van der Waals surface area contributed by atoms with E-state index in [9.17, 15) is 9.59 Å². The largest absolute Gasteiger partial charge is 0.378 e. The quantitative estimate of drug-likeness (QED) is 0.524. The van der Waals surface area contributed by atoms with Crippen LogP contribution in [0.25, 0.3) is 0 Å². The highest BCUT2D eigenvalue weighted by molar-refractivity contribution is 6.29. The average molecular weight is 424 g/mol. The van der Waals surface area contributed by atoms with Crippen LogP contribution >= 0.6 is 11.6 Å². The van der Waals surface area contributed by atoms with Gasteiger partial charge in [-0.05, 0) is 48.0 Å². The van der Waals surface area contributed by atoms with Gasteiger partial charge in [-0.3, -0.25) is 9.59 Å². The van der Waals surface area contributed by atoms with Crippen LogP contribution in [0.15, 0.2) is 60.8 Å². The fraction of sp³-hybridized carbons (Fsp3) is 0.136. The Morgan fingerprint density at radius 2 is 1.77 bits per heavy atom. The number of amides is 2. The number of aromatic nitrogens is 1. The summed E-state index contributed by atoms with van der Waals surface area (Å²) in [5, 5.41) is 5.97. The van der Waals surface area contributed by atoms with Gasteiger partial charge in [0.2, 0.25) is 0 Å². The number of nitrogens with one attached hydrogen (secondary N) is 2. The molecule has 0 aliphatic carbocycles. The number of halogens is 1. The second kappa shape index (κ2) is 9.39. The molecular formula is C22H22ClN5O2. The maximum atomic E-state index is 12.7. The summed E-state index contributed by atoms with van der Waals surface area (Å²) in [7, 11) is 3.82. The lowest BCUT2D eigenvalue weighted by atomic mass is 10.1. The number of benzene rings is 2. The highest BCUT2D eigenvalue weighted by atomic mass is 35.5. The number of hydrogen-bond donors (Lipinski definition) is 3. The molecule has 154 valence electrons. The highest BCUT2D eigenvalue weighted by Crippen LogP contribution is 2.23. The molecule has 30 heavy (non-hydrogen) atoms. The lowest BCUT2D eigenvalue weighted by Gasteiger charge is -2.15. The molecule has 1 aromatic heterocycles. The summed E-state index contributed by atoms with van der Waals surface area (Å²) in [5.74, 6) is -0.602. The van der Waals surface area contributed by atoms with Crippen molar-refractivity contribution in [2.45, 2.75) is 6.54 Å². The SMILES string of the molecule is CN(C)c1cccc(C(=O)Nc2ccc(CN)c(NC(=O)c3ccc(Cl)nc3)c2)c1. The maximum Gasteiger partial charge on any atom is 0.257 e. The molecule has 2 aromatic carbocycles. The fourth-order valence-corrected chi connectivity index (χ4v) is 2.89. The number of nitrogens with two attached hydrogens (primary N) is 1. The minimum absolute atomic E-state index is 0.230. The first-order valence-corrected chi connectivity index (χ1v) is 9.60. The summed E-state index contributed by atoms with van der Waals surface area (Å²) in [5.41, 5.74) is 9.39. The van der Waals surface area contributed by atoms with E-state index in [1.165, 1.54) is 6.20 Å². The molecule has 0 bridgehead atoms. The third kappa shape index (κ3) is 5.14. The number of carbonyl (C=O) groups excluding carboxylic acids is 2. The van der Waals surface area contributed by atoms with Crippen LogP contribution in [0.5, 0.6) is 0 Å². The lowest BCUT2D eigenvalue weighted by Crippen LogP contribution is -2.16. The summed E-state index contributed by atoms with van der Waals surface area (Å²) in [4.78, 5) is 31.0. The average Bonchev–Trinajstić information content (AvgIpc) is 2.74. The summed E-state index contributed by atoms with van der Waals surface area (Å²) >= 11 is 5.77. The minimum Gasteiger partial charge on any atom is -0.378 e. The van der Waals surface area contributed by atoms with Crippen LogP contribution in [-0.2, 0) is 6.54 Å². The van der Waals surface area contributed by atoms with Gasteiger partial charge in [0.1, 0.15) is 5.15 Å². The first-order valence-electron chi connectivity index (χ1n) is 9.22. The van der Waals surface area contributed by atoms with E-state index in [1.807, 2.05) is 31.1 Å². The minimum atomic E-state index is -0.351. The molecule has 2 amide bonds. The molecule has 4 N–H and O–H groups in total. The summed E-state index contributed by atoms with van der Waals surface area (Å²) < 4.78 is 0. The molecule has 0 radical (unpaired) electrons. The van der Waals surface area contributed by atoms with E-state index in [-0.39, 0.29) is 18.4 Å². The summed E-state index contributed by atoms with van der Waals surface area (Å²) in [6.45, 7) is 0.230. The zero-order chi connectivity index (χ0) is 21.7. The molecule has 0 spiro atoms. The van der Waals surface area contributed by atoms with Crippen molar-refractivity contribution < 1.29 is 9.59 Å². The third-order valence-corrected chi connectivity index (χ3v) is 4.67. The first-order chi connectivity index (χ1) is 14.4. The molecule has 0 aliphatic heterocycles. The topological polar surface area (TPSA) is 100 Å². The molecule has 0 atom stereocenters. The van der Waals surface area contributed by atoms with E-state index in [1.54, 1.807) is 42.5 Å². The van der Waals surface area contributed by atoms with Crippen LogP contribution in [0.1, 0.15) is 26.3 Å². The van der Waals surface area contributed by atoms with Gasteiger partial charge in [-0.2, -0.15) is 0 Å². The van der Waals surface area contributed by atoms with Crippen molar-refractivity contribution in [3.05, 3.63) is 82.6 Å². The Balaban J connectivity index is 1.80. The Labute approximate surface area is 179 Å². The first kappa shape index (κ1) is 21.3. The van der Waals surface area contributed by atoms with Crippen LogP contribution in [0.3, 0.4) is 0 Å². The second-order valence-corrected chi connectivity index (χ2v) is 7.19. The van der Waals surface area contributed by atoms with Gasteiger partial charge in [0.15, 0.2) is 0 Å². The van der Waals surface area contributed by atoms with Gasteiger partial charge in [0, 0.05) is 49.5 Å². The van der Waals surface area contributed by atoms with Gasteiger partial charge in [0.05, 0.1) is 5.56 Å². The van der Waals surface area contributed by atoms with E-state index in [2.05, 4.69) is 15.6 Å². The van der Waals surface area contributed by atoms with Gasteiger partial charge in [-0.15, -0.1) is 0 Å². The van der Waals surface area contributed by atoms with Crippen LogP contribution < -0.4 is 21.3 Å². The van der Waals surface area contributed by atoms with E-state index in [0.29, 0.717) is 27.7 Å². The number of anilines is 3. The molecule has 0 fully saturated rings. The van der Waals surface area contributed by atoms with Gasteiger partial charge in [-0.1, -0.05) is 23.7 Å². The molecule has 0 aliphatic rings. The monoisotopic (exact) mass is 423 g/mol. The van der Waals surface area contributed by atoms with E-state index >= 15 is 0 Å². The number of hydrogen-bond acceptors (Lipinski definition) is 5. The Morgan fingerprint density at radius 3 is 2.43 bits per heavy atom. The zero-order valence-electron chi connectivity index (χ0n) is 16.6. The number of nitrogens with zero attached hydrogens (tertiary/aromatic N) is 2. The van der Waals surface area contributed by atoms with Crippen molar-refractivity contribution in [2.24, 2.45) is 5.73 Å². The number of carbonyl (C=O) groups is 2. The molecule has 8 heteroatoms. The second-order valence-electron chi connectivity index (χ2n) is 6.80. The van der Waals surface area contributed by atoms with E-state index in [4.69, 9.17) is 17.3 Å². The van der Waals surface area contributed by atoms with Crippen molar-refractivity contribution in [3.8, 4) is 0 Å². The molecule has 0 unspecified atom stereocenters. The van der Waals surface area contributed by atoms with Crippen LogP contribution in [-0.4, -0.2) is 30.9 Å². The van der Waals surface area contributed by atoms with Gasteiger partial charge >= 0.3 is 0 Å². The molecule has 0 saturated heterocycles. The summed E-state index contributed by atoms with van der Waals surface area (Å²) in [6.07, 6.45) is 1.39. The zero-order valence-corrected chi connectivity index (χ0v) is 17.4. The smallest absolute Gasteiger partial charge is 0.257 e. The maximum absolute atomic E-state index is 12.7. The van der Waals surface area contributed by atoms with Crippen molar-refractivity contribution in [1.82, 2.24) is 4.98 Å². The van der Waals surface area contributed by atoms with Crippen LogP contribution in [0.4, 0.5) is 17.1 Å². The van der Waals surface area contributed by atoms with Crippen LogP contribution in [0, 0.1) is 0 Å². The fourth-order valence-electron chi connectivity index (χ4n) is 2.78. The van der Waals surface area contributed by atoms with Gasteiger partial charge in [-0.25, -0.2) is 4.98 Å². The highest BCUT2D eigenvalue weighted by Gasteiger charge is 2.12. The van der Waals surface area contributed by atoms with E-state index in [0.717, 1.165) is 11.3 Å².